The van der Waals surface area contributed by atoms with Crippen molar-refractivity contribution in [2.45, 2.75) is 6.92 Å². The summed E-state index contributed by atoms with van der Waals surface area (Å²) in [5, 5.41) is 4.17. The molecular weight excluding hydrogens is 191 g/mol. The summed E-state index contributed by atoms with van der Waals surface area (Å²) in [4.78, 5) is 0. The molecule has 1 unspecified atom stereocenters. The molecule has 1 aromatic heterocycles. The van der Waals surface area contributed by atoms with Crippen molar-refractivity contribution < 1.29 is 0 Å². The SMILES string of the molecule is Cc1nn(C)c(NN)c1[AsH2]. The fourth-order valence-electron chi connectivity index (χ4n) is 0.846. The van der Waals surface area contributed by atoms with Crippen LogP contribution in [0.15, 0.2) is 0 Å². The summed E-state index contributed by atoms with van der Waals surface area (Å²) in [6, 6.07) is 0. The Bertz CT molecular complexity index is 242. The van der Waals surface area contributed by atoms with E-state index in [9.17, 15) is 0 Å². The van der Waals surface area contributed by atoms with Crippen molar-refractivity contribution in [1.29, 1.82) is 0 Å². The third kappa shape index (κ3) is 1.04. The summed E-state index contributed by atoms with van der Waals surface area (Å²) in [6.07, 6.45) is 0. The minimum absolute atomic E-state index is 0.900. The molecule has 1 atom stereocenters. The fraction of sp³-hybridized carbons (Fsp3) is 0.400. The van der Waals surface area contributed by atoms with Gasteiger partial charge in [-0.1, -0.05) is 0 Å². The van der Waals surface area contributed by atoms with Crippen LogP contribution in [0.5, 0.6) is 0 Å². The summed E-state index contributed by atoms with van der Waals surface area (Å²) in [6.45, 7) is 1.97. The van der Waals surface area contributed by atoms with Crippen LogP contribution in [0.2, 0.25) is 0 Å². The molecule has 56 valence electrons. The van der Waals surface area contributed by atoms with Crippen LogP contribution in [0.3, 0.4) is 0 Å². The zero-order valence-electron chi connectivity index (χ0n) is 6.05. The monoisotopic (exact) mass is 202 g/mol. The summed E-state index contributed by atoms with van der Waals surface area (Å²) in [5.74, 6) is 6.16. The van der Waals surface area contributed by atoms with E-state index in [0.717, 1.165) is 15.9 Å². The molecule has 0 amide bonds. The topological polar surface area (TPSA) is 55.9 Å². The molecule has 0 radical (unpaired) electrons. The second kappa shape index (κ2) is 2.64. The molecule has 4 nitrogen and oxygen atoms in total. The van der Waals surface area contributed by atoms with Crippen LogP contribution in [0, 0.1) is 6.92 Å². The van der Waals surface area contributed by atoms with Gasteiger partial charge in [-0.2, -0.15) is 0 Å². The van der Waals surface area contributed by atoms with Crippen molar-refractivity contribution in [2.24, 2.45) is 12.9 Å². The van der Waals surface area contributed by atoms with Gasteiger partial charge in [0.1, 0.15) is 0 Å². The Morgan fingerprint density at radius 3 is 2.50 bits per heavy atom. The molecule has 1 heterocycles. The predicted octanol–water partition coefficient (Wildman–Crippen LogP) is -1.73. The Balaban J connectivity index is 3.20. The molecule has 5 heteroatoms. The number of nitrogen functional groups attached to an aromatic ring is 1. The van der Waals surface area contributed by atoms with Gasteiger partial charge in [-0.25, -0.2) is 0 Å². The van der Waals surface area contributed by atoms with Crippen molar-refractivity contribution in [3.63, 3.8) is 0 Å². The Morgan fingerprint density at radius 2 is 2.30 bits per heavy atom. The Labute approximate surface area is 68.2 Å². The van der Waals surface area contributed by atoms with Crippen molar-refractivity contribution in [3.05, 3.63) is 5.69 Å². The number of hydrogen-bond donors (Lipinski definition) is 2. The first-order valence-electron chi connectivity index (χ1n) is 2.92. The third-order valence-electron chi connectivity index (χ3n) is 1.41. The number of rotatable bonds is 1. The van der Waals surface area contributed by atoms with Crippen LogP contribution in [-0.4, -0.2) is 26.6 Å². The molecule has 0 fully saturated rings. The van der Waals surface area contributed by atoms with E-state index in [2.05, 4.69) is 10.5 Å². The summed E-state index contributed by atoms with van der Waals surface area (Å²) in [7, 11) is 1.87. The van der Waals surface area contributed by atoms with Crippen LogP contribution in [-0.2, 0) is 7.05 Å². The van der Waals surface area contributed by atoms with Crippen LogP contribution in [0.4, 0.5) is 5.82 Å². The number of anilines is 1. The molecule has 0 aromatic carbocycles. The van der Waals surface area contributed by atoms with E-state index >= 15 is 0 Å². The molecule has 0 spiro atoms. The van der Waals surface area contributed by atoms with E-state index in [0.29, 0.717) is 0 Å². The zero-order valence-corrected chi connectivity index (χ0v) is 8.47. The Kier molecular flexibility index (Phi) is 2.02. The first kappa shape index (κ1) is 7.63. The van der Waals surface area contributed by atoms with E-state index < -0.39 is 0 Å². The van der Waals surface area contributed by atoms with Gasteiger partial charge in [0.25, 0.3) is 0 Å². The van der Waals surface area contributed by atoms with E-state index in [1.807, 2.05) is 14.0 Å². The third-order valence-corrected chi connectivity index (χ3v) is 2.86. The molecule has 0 aliphatic rings. The zero-order chi connectivity index (χ0) is 7.72. The molecule has 3 N–H and O–H groups in total. The molecule has 0 bridgehead atoms. The number of nitrogens with two attached hydrogens (primary N) is 1. The van der Waals surface area contributed by atoms with Gasteiger partial charge >= 0.3 is 67.7 Å². The van der Waals surface area contributed by atoms with Crippen LogP contribution >= 0.6 is 0 Å². The molecule has 10 heavy (non-hydrogen) atoms. The number of nitrogens with zero attached hydrogens (tertiary/aromatic N) is 2. The summed E-state index contributed by atoms with van der Waals surface area (Å²) in [5.41, 5.74) is 3.64. The number of hydrazine groups is 1. The number of nitrogens with one attached hydrogen (secondary N) is 1. The molecule has 0 aliphatic carbocycles. The molecular formula is C5H11AsN4. The van der Waals surface area contributed by atoms with E-state index in [1.165, 1.54) is 16.9 Å². The number of aryl methyl sites for hydroxylation is 2. The first-order valence-corrected chi connectivity index (χ1v) is 4.13. The maximum atomic E-state index is 5.26. The molecule has 1 rings (SSSR count). The minimum atomic E-state index is 0.900. The van der Waals surface area contributed by atoms with E-state index in [-0.39, 0.29) is 0 Å². The van der Waals surface area contributed by atoms with Crippen LogP contribution in [0.25, 0.3) is 0 Å². The maximum absolute atomic E-state index is 5.26. The fourth-order valence-corrected chi connectivity index (χ4v) is 1.53. The van der Waals surface area contributed by atoms with Crippen molar-refractivity contribution in [1.82, 2.24) is 9.78 Å². The summed E-state index contributed by atoms with van der Waals surface area (Å²) >= 11 is 1.53. The average Bonchev–Trinajstić information content (AvgIpc) is 2.09. The molecule has 0 saturated heterocycles. The van der Waals surface area contributed by atoms with Gasteiger partial charge in [-0.05, 0) is 0 Å². The van der Waals surface area contributed by atoms with E-state index in [1.54, 1.807) is 4.68 Å². The summed E-state index contributed by atoms with van der Waals surface area (Å²) < 4.78 is 2.91. The Hall–Kier alpha value is -0.472. The van der Waals surface area contributed by atoms with Gasteiger partial charge in [-0.3, -0.25) is 0 Å². The second-order valence-electron chi connectivity index (χ2n) is 2.12. The van der Waals surface area contributed by atoms with Gasteiger partial charge in [0, 0.05) is 0 Å². The van der Waals surface area contributed by atoms with E-state index in [4.69, 9.17) is 5.84 Å². The number of hydrogen-bond acceptors (Lipinski definition) is 3. The normalized spacial score (nSPS) is 10.0. The molecule has 0 saturated carbocycles. The Morgan fingerprint density at radius 1 is 1.70 bits per heavy atom. The van der Waals surface area contributed by atoms with Gasteiger partial charge in [0.2, 0.25) is 0 Å². The van der Waals surface area contributed by atoms with Gasteiger partial charge < -0.3 is 0 Å². The average molecular weight is 202 g/mol. The predicted molar refractivity (Wildman–Crippen MR) is 43.9 cm³/mol. The quantitative estimate of drug-likeness (QED) is 0.323. The van der Waals surface area contributed by atoms with Gasteiger partial charge in [0.15, 0.2) is 0 Å². The van der Waals surface area contributed by atoms with Crippen molar-refractivity contribution in [3.8, 4) is 0 Å². The first-order chi connectivity index (χ1) is 4.66. The number of aromatic nitrogens is 2. The molecule has 0 aliphatic heterocycles. The second-order valence-corrected chi connectivity index (χ2v) is 3.33. The van der Waals surface area contributed by atoms with Crippen molar-refractivity contribution >= 4 is 27.0 Å². The molecule has 1 aromatic rings. The van der Waals surface area contributed by atoms with Gasteiger partial charge in [-0.15, -0.1) is 0 Å². The van der Waals surface area contributed by atoms with Crippen molar-refractivity contribution in [2.75, 3.05) is 5.43 Å². The van der Waals surface area contributed by atoms with Gasteiger partial charge in [0.05, 0.1) is 0 Å². The van der Waals surface area contributed by atoms with Crippen LogP contribution in [0.1, 0.15) is 5.69 Å². The van der Waals surface area contributed by atoms with Crippen LogP contribution < -0.4 is 15.6 Å². The standard InChI is InChI=1S/C5H11AsN4/c1-3-4(6)5(8-7)10(2)9-3/h8H,6-7H2,1-2H3.